The molecule has 1 unspecified atom stereocenters. The van der Waals surface area contributed by atoms with Crippen LogP contribution >= 0.6 is 0 Å². The number of rotatable bonds is 3. The number of methoxy groups -OCH3 is 1. The number of nitrogens with zero attached hydrogens (tertiary/aromatic N) is 7. The number of hydrogen-bond donors (Lipinski definition) is 0. The minimum atomic E-state index is 0.127. The van der Waals surface area contributed by atoms with Crippen molar-refractivity contribution in [1.29, 1.82) is 0 Å². The average molecular weight is 337 g/mol. The van der Waals surface area contributed by atoms with Gasteiger partial charge < -0.3 is 9.64 Å². The summed E-state index contributed by atoms with van der Waals surface area (Å²) in [5.74, 6) is 2.23. The van der Waals surface area contributed by atoms with E-state index in [9.17, 15) is 0 Å². The van der Waals surface area contributed by atoms with E-state index in [0.717, 1.165) is 41.5 Å². The molecule has 0 fully saturated rings. The molecule has 0 N–H and O–H groups in total. The highest BCUT2D eigenvalue weighted by Gasteiger charge is 2.27. The number of fused-ring (bicyclic) bond motifs is 1. The summed E-state index contributed by atoms with van der Waals surface area (Å²) in [4.78, 5) is 17.4. The molecular formula is C17H19N7O. The molecule has 0 amide bonds. The predicted molar refractivity (Wildman–Crippen MR) is 91.9 cm³/mol. The van der Waals surface area contributed by atoms with Gasteiger partial charge in [-0.1, -0.05) is 0 Å². The van der Waals surface area contributed by atoms with Gasteiger partial charge in [0.25, 0.3) is 5.95 Å². The van der Waals surface area contributed by atoms with Gasteiger partial charge in [-0.3, -0.25) is 0 Å². The molecule has 4 heterocycles. The molecule has 0 spiro atoms. The van der Waals surface area contributed by atoms with Crippen LogP contribution in [0.3, 0.4) is 0 Å². The van der Waals surface area contributed by atoms with Crippen molar-refractivity contribution in [2.24, 2.45) is 0 Å². The third kappa shape index (κ3) is 2.79. The molecule has 0 saturated carbocycles. The highest BCUT2D eigenvalue weighted by Crippen LogP contribution is 2.33. The van der Waals surface area contributed by atoms with Crippen molar-refractivity contribution in [3.05, 3.63) is 47.7 Å². The lowest BCUT2D eigenvalue weighted by Gasteiger charge is -2.35. The maximum absolute atomic E-state index is 5.38. The van der Waals surface area contributed by atoms with Crippen LogP contribution in [-0.4, -0.2) is 43.6 Å². The van der Waals surface area contributed by atoms with Crippen molar-refractivity contribution in [3.63, 3.8) is 0 Å². The Morgan fingerprint density at radius 3 is 2.72 bits per heavy atom. The minimum Gasteiger partial charge on any atom is -0.497 e. The Balaban J connectivity index is 1.67. The van der Waals surface area contributed by atoms with Crippen LogP contribution < -0.4 is 9.64 Å². The van der Waals surface area contributed by atoms with Crippen LogP contribution in [0.25, 0.3) is 5.95 Å². The summed E-state index contributed by atoms with van der Waals surface area (Å²) < 4.78 is 5.38. The summed E-state index contributed by atoms with van der Waals surface area (Å²) in [5.41, 5.74) is 3.07. The highest BCUT2D eigenvalue weighted by atomic mass is 16.5. The van der Waals surface area contributed by atoms with Crippen LogP contribution in [0.5, 0.6) is 5.75 Å². The second kappa shape index (κ2) is 6.12. The Labute approximate surface area is 145 Å². The Hall–Kier alpha value is -3.03. The van der Waals surface area contributed by atoms with Crippen LogP contribution in [-0.2, 0) is 6.42 Å². The molecule has 3 aromatic rings. The first-order valence-electron chi connectivity index (χ1n) is 8.17. The van der Waals surface area contributed by atoms with Crippen molar-refractivity contribution < 1.29 is 4.74 Å². The average Bonchev–Trinajstić information content (AvgIpc) is 3.16. The lowest BCUT2D eigenvalue weighted by Crippen LogP contribution is -2.35. The summed E-state index contributed by atoms with van der Waals surface area (Å²) in [6, 6.07) is 4.03. The van der Waals surface area contributed by atoms with E-state index in [1.54, 1.807) is 19.5 Å². The van der Waals surface area contributed by atoms with E-state index < -0.39 is 0 Å². The van der Waals surface area contributed by atoms with Crippen molar-refractivity contribution in [1.82, 2.24) is 29.9 Å². The second-order valence-corrected chi connectivity index (χ2v) is 6.02. The third-order valence-corrected chi connectivity index (χ3v) is 4.44. The molecular weight excluding hydrogens is 318 g/mol. The summed E-state index contributed by atoms with van der Waals surface area (Å²) in [6.07, 6.45) is 5.91. The molecule has 8 heteroatoms. The number of aryl methyl sites for hydroxylation is 1. The molecule has 0 bridgehead atoms. The van der Waals surface area contributed by atoms with Gasteiger partial charge in [0.15, 0.2) is 0 Å². The number of hydrogen-bond acceptors (Lipinski definition) is 7. The Morgan fingerprint density at radius 1 is 1.16 bits per heavy atom. The van der Waals surface area contributed by atoms with Crippen LogP contribution in [0.4, 0.5) is 5.82 Å². The smallest absolute Gasteiger partial charge is 0.268 e. The lowest BCUT2D eigenvalue weighted by molar-refractivity contribution is 0.413. The van der Waals surface area contributed by atoms with Gasteiger partial charge in [-0.05, 0) is 13.8 Å². The monoisotopic (exact) mass is 337 g/mol. The Bertz CT molecular complexity index is 894. The standard InChI is InChI=1S/C17H19N7O/c1-11-8-13(25-3)9-16(21-11)23-7-4-15-14(12(23)2)10-18-17(22-15)24-19-5-6-20-24/h5-6,8-10,12H,4,7H2,1-3H3. The molecule has 1 aliphatic heterocycles. The molecule has 128 valence electrons. The van der Waals surface area contributed by atoms with Gasteiger partial charge in [0, 0.05) is 42.6 Å². The van der Waals surface area contributed by atoms with E-state index in [1.165, 1.54) is 4.80 Å². The van der Waals surface area contributed by atoms with E-state index >= 15 is 0 Å². The van der Waals surface area contributed by atoms with Gasteiger partial charge in [-0.15, -0.1) is 4.80 Å². The Kier molecular flexibility index (Phi) is 3.79. The Morgan fingerprint density at radius 2 is 1.96 bits per heavy atom. The molecule has 3 aromatic heterocycles. The zero-order valence-corrected chi connectivity index (χ0v) is 14.4. The molecule has 0 radical (unpaired) electrons. The molecule has 1 aliphatic rings. The van der Waals surface area contributed by atoms with Crippen LogP contribution in [0.2, 0.25) is 0 Å². The van der Waals surface area contributed by atoms with Crippen molar-refractivity contribution >= 4 is 5.82 Å². The maximum atomic E-state index is 5.38. The summed E-state index contributed by atoms with van der Waals surface area (Å²) in [7, 11) is 1.67. The number of pyridine rings is 1. The lowest BCUT2D eigenvalue weighted by atomic mass is 9.99. The van der Waals surface area contributed by atoms with E-state index in [0.29, 0.717) is 5.95 Å². The van der Waals surface area contributed by atoms with Crippen molar-refractivity contribution in [2.45, 2.75) is 26.3 Å². The van der Waals surface area contributed by atoms with E-state index in [-0.39, 0.29) is 6.04 Å². The van der Waals surface area contributed by atoms with Gasteiger partial charge in [0.1, 0.15) is 11.6 Å². The summed E-state index contributed by atoms with van der Waals surface area (Å²) in [6.45, 7) is 4.95. The second-order valence-electron chi connectivity index (χ2n) is 6.02. The largest absolute Gasteiger partial charge is 0.497 e. The zero-order chi connectivity index (χ0) is 17.4. The number of anilines is 1. The minimum absolute atomic E-state index is 0.127. The molecule has 8 nitrogen and oxygen atoms in total. The summed E-state index contributed by atoms with van der Waals surface area (Å²) >= 11 is 0. The number of ether oxygens (including phenoxy) is 1. The fraction of sp³-hybridized carbons (Fsp3) is 0.353. The first kappa shape index (κ1) is 15.5. The highest BCUT2D eigenvalue weighted by molar-refractivity contribution is 5.49. The fourth-order valence-corrected chi connectivity index (χ4v) is 3.17. The first-order valence-corrected chi connectivity index (χ1v) is 8.17. The van der Waals surface area contributed by atoms with Crippen LogP contribution in [0, 0.1) is 6.92 Å². The molecule has 0 aliphatic carbocycles. The topological polar surface area (TPSA) is 81.9 Å². The van der Waals surface area contributed by atoms with Crippen LogP contribution in [0.1, 0.15) is 29.9 Å². The summed E-state index contributed by atoms with van der Waals surface area (Å²) in [5, 5.41) is 8.18. The van der Waals surface area contributed by atoms with E-state index in [2.05, 4.69) is 37.0 Å². The molecule has 4 rings (SSSR count). The first-order chi connectivity index (χ1) is 12.2. The molecule has 0 saturated heterocycles. The maximum Gasteiger partial charge on any atom is 0.268 e. The predicted octanol–water partition coefficient (Wildman–Crippen LogP) is 1.89. The van der Waals surface area contributed by atoms with Crippen LogP contribution in [0.15, 0.2) is 30.7 Å². The molecule has 25 heavy (non-hydrogen) atoms. The van der Waals surface area contributed by atoms with Gasteiger partial charge in [0.2, 0.25) is 0 Å². The van der Waals surface area contributed by atoms with Gasteiger partial charge in [0.05, 0.1) is 31.2 Å². The fourth-order valence-electron chi connectivity index (χ4n) is 3.17. The normalized spacial score (nSPS) is 16.6. The van der Waals surface area contributed by atoms with Gasteiger partial charge >= 0.3 is 0 Å². The zero-order valence-electron chi connectivity index (χ0n) is 14.4. The van der Waals surface area contributed by atoms with Gasteiger partial charge in [-0.2, -0.15) is 10.2 Å². The van der Waals surface area contributed by atoms with Crippen molar-refractivity contribution in [2.75, 3.05) is 18.6 Å². The van der Waals surface area contributed by atoms with E-state index in [1.807, 2.05) is 25.3 Å². The van der Waals surface area contributed by atoms with E-state index in [4.69, 9.17) is 4.74 Å². The third-order valence-electron chi connectivity index (χ3n) is 4.44. The SMILES string of the molecule is COc1cc(C)nc(N2CCc3nc(-n4nccn4)ncc3C2C)c1. The molecule has 0 aromatic carbocycles. The number of aromatic nitrogens is 6. The van der Waals surface area contributed by atoms with Crippen molar-refractivity contribution in [3.8, 4) is 11.7 Å². The quantitative estimate of drug-likeness (QED) is 0.722. The van der Waals surface area contributed by atoms with Gasteiger partial charge in [-0.25, -0.2) is 15.0 Å². The molecule has 1 atom stereocenters.